The van der Waals surface area contributed by atoms with Crippen LogP contribution in [0.25, 0.3) is 6.08 Å². The van der Waals surface area contributed by atoms with Gasteiger partial charge >= 0.3 is 0 Å². The van der Waals surface area contributed by atoms with E-state index in [-0.39, 0.29) is 5.57 Å². The Kier molecular flexibility index (Phi) is 5.45. The molecule has 0 bridgehead atoms. The average molecular weight is 392 g/mol. The second-order valence-corrected chi connectivity index (χ2v) is 7.08. The molecule has 1 amide bonds. The van der Waals surface area contributed by atoms with E-state index < -0.39 is 12.0 Å². The minimum absolute atomic E-state index is 0.0192. The third-order valence-electron chi connectivity index (χ3n) is 4.88. The van der Waals surface area contributed by atoms with Gasteiger partial charge in [-0.05, 0) is 48.4 Å². The first kappa shape index (κ1) is 19.2. The smallest absolute Gasteiger partial charge is 0.266 e. The Morgan fingerprint density at radius 1 is 1.00 bits per heavy atom. The zero-order valence-electron chi connectivity index (χ0n) is 16.5. The molecule has 30 heavy (non-hydrogen) atoms. The van der Waals surface area contributed by atoms with Gasteiger partial charge in [0.25, 0.3) is 5.91 Å². The van der Waals surface area contributed by atoms with Crippen LogP contribution in [0.2, 0.25) is 0 Å². The normalized spacial score (nSPS) is 15.3. The molecule has 1 heterocycles. The van der Waals surface area contributed by atoms with E-state index in [4.69, 9.17) is 4.74 Å². The maximum Gasteiger partial charge on any atom is 0.266 e. The number of nitrogens with one attached hydrogen (secondary N) is 1. The van der Waals surface area contributed by atoms with Crippen LogP contribution in [0.15, 0.2) is 96.1 Å². The summed E-state index contributed by atoms with van der Waals surface area (Å²) in [6.07, 6.45) is 3.17. The largest absolute Gasteiger partial charge is 0.480 e. The molecule has 4 nitrogen and oxygen atoms in total. The van der Waals surface area contributed by atoms with Crippen LogP contribution in [0.3, 0.4) is 0 Å². The Morgan fingerprint density at radius 3 is 2.43 bits per heavy atom. The highest BCUT2D eigenvalue weighted by Crippen LogP contribution is 2.38. The van der Waals surface area contributed by atoms with Crippen molar-refractivity contribution < 1.29 is 9.53 Å². The molecule has 1 unspecified atom stereocenters. The van der Waals surface area contributed by atoms with Crippen LogP contribution in [0, 0.1) is 18.3 Å². The number of nitriles is 1. The Bertz CT molecular complexity index is 1170. The second kappa shape index (κ2) is 8.50. The van der Waals surface area contributed by atoms with Gasteiger partial charge < -0.3 is 10.1 Å². The lowest BCUT2D eigenvalue weighted by Gasteiger charge is -2.26. The van der Waals surface area contributed by atoms with Gasteiger partial charge in [0.15, 0.2) is 0 Å². The lowest BCUT2D eigenvalue weighted by atomic mass is 9.94. The molecular formula is C26H20N2O2. The SMILES string of the molecule is Cc1ccc(NC(=O)/C(C#N)=C\C2=Cc3ccccc3OC2c2ccccc2)cc1. The fourth-order valence-electron chi connectivity index (χ4n) is 3.31. The quantitative estimate of drug-likeness (QED) is 0.464. The summed E-state index contributed by atoms with van der Waals surface area (Å²) in [4.78, 5) is 12.7. The maximum atomic E-state index is 12.7. The number of ether oxygens (including phenoxy) is 1. The summed E-state index contributed by atoms with van der Waals surface area (Å²) < 4.78 is 6.23. The molecule has 4 heteroatoms. The highest BCUT2D eigenvalue weighted by Gasteiger charge is 2.24. The van der Waals surface area contributed by atoms with Crippen LogP contribution in [0.1, 0.15) is 22.8 Å². The minimum atomic E-state index is -0.451. The van der Waals surface area contributed by atoms with Gasteiger partial charge in [0.2, 0.25) is 0 Å². The standard InChI is InChI=1S/C26H20N2O2/c1-18-11-13-23(14-12-18)28-26(29)22(17-27)16-21-15-20-9-5-6-10-24(20)30-25(21)19-7-3-2-4-8-19/h2-16,25H,1H3,(H,28,29)/b22-16-. The molecule has 0 aliphatic carbocycles. The van der Waals surface area contributed by atoms with Gasteiger partial charge in [0.1, 0.15) is 23.5 Å². The fraction of sp³-hybridized carbons (Fsp3) is 0.0769. The number of fused-ring (bicyclic) bond motifs is 1. The summed E-state index contributed by atoms with van der Waals surface area (Å²) in [6.45, 7) is 1.98. The molecule has 0 fully saturated rings. The summed E-state index contributed by atoms with van der Waals surface area (Å²) in [5.74, 6) is 0.319. The van der Waals surface area contributed by atoms with E-state index in [1.165, 1.54) is 0 Å². The summed E-state index contributed by atoms with van der Waals surface area (Å²) in [5, 5.41) is 12.4. The van der Waals surface area contributed by atoms with Crippen molar-refractivity contribution >= 4 is 17.7 Å². The first-order valence-corrected chi connectivity index (χ1v) is 9.66. The van der Waals surface area contributed by atoms with E-state index in [9.17, 15) is 10.1 Å². The summed E-state index contributed by atoms with van der Waals surface area (Å²) in [6, 6.07) is 26.9. The monoisotopic (exact) mass is 392 g/mol. The zero-order valence-corrected chi connectivity index (χ0v) is 16.5. The van der Waals surface area contributed by atoms with E-state index in [1.807, 2.05) is 97.9 Å². The molecule has 1 N–H and O–H groups in total. The first-order valence-electron chi connectivity index (χ1n) is 9.66. The molecular weight excluding hydrogens is 372 g/mol. The highest BCUT2D eigenvalue weighted by molar-refractivity contribution is 6.07. The minimum Gasteiger partial charge on any atom is -0.480 e. The molecule has 1 atom stereocenters. The van der Waals surface area contributed by atoms with E-state index in [0.717, 1.165) is 28.0 Å². The van der Waals surface area contributed by atoms with Crippen LogP contribution in [-0.4, -0.2) is 5.91 Å². The number of rotatable bonds is 4. The van der Waals surface area contributed by atoms with Crippen molar-refractivity contribution in [1.82, 2.24) is 0 Å². The Morgan fingerprint density at radius 2 is 1.70 bits per heavy atom. The van der Waals surface area contributed by atoms with Crippen molar-refractivity contribution in [2.24, 2.45) is 0 Å². The van der Waals surface area contributed by atoms with Gasteiger partial charge in [-0.25, -0.2) is 0 Å². The molecule has 0 spiro atoms. The second-order valence-electron chi connectivity index (χ2n) is 7.08. The van der Waals surface area contributed by atoms with E-state index in [0.29, 0.717) is 5.69 Å². The van der Waals surface area contributed by atoms with Crippen LogP contribution in [0.4, 0.5) is 5.69 Å². The summed E-state index contributed by atoms with van der Waals surface area (Å²) >= 11 is 0. The van der Waals surface area contributed by atoms with Gasteiger partial charge in [0, 0.05) is 11.3 Å². The third-order valence-corrected chi connectivity index (χ3v) is 4.88. The average Bonchev–Trinajstić information content (AvgIpc) is 2.79. The lowest BCUT2D eigenvalue weighted by Crippen LogP contribution is -2.17. The molecule has 1 aliphatic rings. The molecule has 0 saturated carbocycles. The lowest BCUT2D eigenvalue weighted by molar-refractivity contribution is -0.112. The van der Waals surface area contributed by atoms with Crippen LogP contribution >= 0.6 is 0 Å². The molecule has 0 saturated heterocycles. The van der Waals surface area contributed by atoms with Crippen LogP contribution < -0.4 is 10.1 Å². The number of hydrogen-bond donors (Lipinski definition) is 1. The molecule has 1 aliphatic heterocycles. The Labute approximate surface area is 175 Å². The number of anilines is 1. The van der Waals surface area contributed by atoms with E-state index in [1.54, 1.807) is 6.08 Å². The van der Waals surface area contributed by atoms with Gasteiger partial charge in [-0.2, -0.15) is 5.26 Å². The van der Waals surface area contributed by atoms with E-state index in [2.05, 4.69) is 5.32 Å². The first-order chi connectivity index (χ1) is 14.6. The predicted octanol–water partition coefficient (Wildman–Crippen LogP) is 5.60. The summed E-state index contributed by atoms with van der Waals surface area (Å²) in [7, 11) is 0. The van der Waals surface area contributed by atoms with Gasteiger partial charge in [0.05, 0.1) is 0 Å². The van der Waals surface area contributed by atoms with Gasteiger partial charge in [-0.15, -0.1) is 0 Å². The number of carbonyl (C=O) groups is 1. The number of aryl methyl sites for hydroxylation is 1. The van der Waals surface area contributed by atoms with E-state index >= 15 is 0 Å². The maximum absolute atomic E-state index is 12.7. The van der Waals surface area contributed by atoms with Crippen molar-refractivity contribution in [3.8, 4) is 11.8 Å². The fourth-order valence-corrected chi connectivity index (χ4v) is 3.31. The van der Waals surface area contributed by atoms with Crippen molar-refractivity contribution in [2.45, 2.75) is 13.0 Å². The Hall–Kier alpha value is -4.10. The van der Waals surface area contributed by atoms with Crippen LogP contribution in [-0.2, 0) is 4.79 Å². The molecule has 0 radical (unpaired) electrons. The number of hydrogen-bond acceptors (Lipinski definition) is 3. The molecule has 4 rings (SSSR count). The third kappa shape index (κ3) is 4.16. The molecule has 0 aromatic heterocycles. The topological polar surface area (TPSA) is 62.1 Å². The number of para-hydroxylation sites is 1. The highest BCUT2D eigenvalue weighted by atomic mass is 16.5. The van der Waals surface area contributed by atoms with Crippen molar-refractivity contribution in [3.05, 3.63) is 113 Å². The van der Waals surface area contributed by atoms with Crippen LogP contribution in [0.5, 0.6) is 5.75 Å². The summed E-state index contributed by atoms with van der Waals surface area (Å²) in [5.41, 5.74) is 4.36. The molecule has 3 aromatic carbocycles. The van der Waals surface area contributed by atoms with Gasteiger partial charge in [-0.3, -0.25) is 4.79 Å². The molecule has 3 aromatic rings. The Balaban J connectivity index is 1.69. The molecule has 146 valence electrons. The van der Waals surface area contributed by atoms with Crippen molar-refractivity contribution in [1.29, 1.82) is 5.26 Å². The zero-order chi connectivity index (χ0) is 20.9. The van der Waals surface area contributed by atoms with Gasteiger partial charge in [-0.1, -0.05) is 66.2 Å². The number of nitrogens with zero attached hydrogens (tertiary/aromatic N) is 1. The van der Waals surface area contributed by atoms with Crippen molar-refractivity contribution in [3.63, 3.8) is 0 Å². The van der Waals surface area contributed by atoms with Crippen molar-refractivity contribution in [2.75, 3.05) is 5.32 Å². The predicted molar refractivity (Wildman–Crippen MR) is 118 cm³/mol. The number of amides is 1. The number of carbonyl (C=O) groups excluding carboxylic acids is 1. The number of benzene rings is 3.